The van der Waals surface area contributed by atoms with E-state index in [1.54, 1.807) is 13.8 Å². The fourth-order valence-electron chi connectivity index (χ4n) is 2.49. The fraction of sp³-hybridized carbons (Fsp3) is 0.368. The van der Waals surface area contributed by atoms with E-state index in [0.717, 1.165) is 6.20 Å². The first-order valence-electron chi connectivity index (χ1n) is 8.95. The van der Waals surface area contributed by atoms with E-state index in [1.165, 1.54) is 31.2 Å². The molecule has 0 radical (unpaired) electrons. The van der Waals surface area contributed by atoms with Gasteiger partial charge in [0.2, 0.25) is 0 Å². The number of carbonyl (C=O) groups excluding carboxylic acids is 3. The van der Waals surface area contributed by atoms with Gasteiger partial charge in [0, 0.05) is 5.56 Å². The van der Waals surface area contributed by atoms with Crippen molar-refractivity contribution in [1.82, 2.24) is 15.1 Å². The van der Waals surface area contributed by atoms with Crippen molar-refractivity contribution >= 4 is 17.8 Å². The zero-order valence-corrected chi connectivity index (χ0v) is 16.4. The van der Waals surface area contributed by atoms with Gasteiger partial charge in [0.15, 0.2) is 5.69 Å². The molecule has 1 N–H and O–H groups in total. The maximum Gasteiger partial charge on any atom is 0.434 e. The van der Waals surface area contributed by atoms with Crippen molar-refractivity contribution in [2.75, 3.05) is 13.2 Å². The molecule has 30 heavy (non-hydrogen) atoms. The van der Waals surface area contributed by atoms with Crippen molar-refractivity contribution in [1.29, 1.82) is 0 Å². The molecule has 2 rings (SSSR count). The van der Waals surface area contributed by atoms with Crippen molar-refractivity contribution in [3.63, 3.8) is 0 Å². The lowest BCUT2D eigenvalue weighted by atomic mass is 10.2. The van der Waals surface area contributed by atoms with E-state index >= 15 is 0 Å². The summed E-state index contributed by atoms with van der Waals surface area (Å²) in [5.41, 5.74) is -1.90. The van der Waals surface area contributed by atoms with Gasteiger partial charge in [-0.15, -0.1) is 0 Å². The van der Waals surface area contributed by atoms with Crippen LogP contribution in [-0.4, -0.2) is 46.9 Å². The zero-order valence-electron chi connectivity index (χ0n) is 16.4. The van der Waals surface area contributed by atoms with Crippen LogP contribution in [0.1, 0.15) is 47.2 Å². The number of ether oxygens (including phenoxy) is 2. The standard InChI is InChI=1S/C19H20F3N3O5/c1-4-29-18(28)14-9-24-25(16(14)19(20,21)22)13-7-5-12(6-8-13)17(27)23-10-15(26)30-11(2)3/h5-9,11H,4,10H2,1-3H3,(H,23,27). The molecule has 0 saturated heterocycles. The van der Waals surface area contributed by atoms with Gasteiger partial charge in [0.1, 0.15) is 12.1 Å². The molecule has 0 spiro atoms. The third-order valence-electron chi connectivity index (χ3n) is 3.67. The van der Waals surface area contributed by atoms with Gasteiger partial charge in [0.25, 0.3) is 5.91 Å². The monoisotopic (exact) mass is 427 g/mol. The zero-order chi connectivity index (χ0) is 22.5. The number of nitrogens with one attached hydrogen (secondary N) is 1. The van der Waals surface area contributed by atoms with Gasteiger partial charge in [-0.05, 0) is 45.0 Å². The first-order valence-corrected chi connectivity index (χ1v) is 8.95. The molecule has 0 atom stereocenters. The quantitative estimate of drug-likeness (QED) is 0.683. The van der Waals surface area contributed by atoms with Crippen LogP contribution in [0, 0.1) is 0 Å². The smallest absolute Gasteiger partial charge is 0.434 e. The molecule has 1 amide bonds. The molecular formula is C19H20F3N3O5. The SMILES string of the molecule is CCOC(=O)c1cnn(-c2ccc(C(=O)NCC(=O)OC(C)C)cc2)c1C(F)(F)F. The van der Waals surface area contributed by atoms with Crippen LogP contribution in [-0.2, 0) is 20.4 Å². The lowest BCUT2D eigenvalue weighted by Crippen LogP contribution is -2.31. The Labute approximate surface area is 170 Å². The van der Waals surface area contributed by atoms with E-state index in [4.69, 9.17) is 4.74 Å². The molecule has 1 aromatic heterocycles. The van der Waals surface area contributed by atoms with Gasteiger partial charge in [-0.25, -0.2) is 9.48 Å². The maximum absolute atomic E-state index is 13.5. The summed E-state index contributed by atoms with van der Waals surface area (Å²) in [6.45, 7) is 4.36. The second-order valence-electron chi connectivity index (χ2n) is 6.31. The second-order valence-corrected chi connectivity index (χ2v) is 6.31. The molecule has 0 saturated carbocycles. The summed E-state index contributed by atoms with van der Waals surface area (Å²) in [7, 11) is 0. The molecule has 0 unspecified atom stereocenters. The predicted octanol–water partition coefficient (Wildman–Crippen LogP) is 2.75. The molecule has 1 heterocycles. The number of alkyl halides is 3. The van der Waals surface area contributed by atoms with Gasteiger partial charge in [-0.2, -0.15) is 18.3 Å². The molecule has 0 aliphatic carbocycles. The van der Waals surface area contributed by atoms with Crippen molar-refractivity contribution < 1.29 is 37.0 Å². The highest BCUT2D eigenvalue weighted by molar-refractivity contribution is 5.96. The molecule has 162 valence electrons. The van der Waals surface area contributed by atoms with Gasteiger partial charge in [-0.3, -0.25) is 9.59 Å². The number of hydrogen-bond donors (Lipinski definition) is 1. The summed E-state index contributed by atoms with van der Waals surface area (Å²) < 4.78 is 50.7. The largest absolute Gasteiger partial charge is 0.462 e. The molecule has 0 bridgehead atoms. The highest BCUT2D eigenvalue weighted by atomic mass is 19.4. The number of benzene rings is 1. The Morgan fingerprint density at radius 2 is 1.80 bits per heavy atom. The number of carbonyl (C=O) groups is 3. The Morgan fingerprint density at radius 3 is 2.33 bits per heavy atom. The Balaban J connectivity index is 2.23. The highest BCUT2D eigenvalue weighted by Crippen LogP contribution is 2.34. The Kier molecular flexibility index (Phi) is 7.19. The van der Waals surface area contributed by atoms with E-state index in [1.807, 2.05) is 0 Å². The normalized spacial score (nSPS) is 11.3. The first-order chi connectivity index (χ1) is 14.0. The van der Waals surface area contributed by atoms with Crippen molar-refractivity contribution in [2.45, 2.75) is 33.1 Å². The van der Waals surface area contributed by atoms with E-state index in [-0.39, 0.29) is 30.5 Å². The summed E-state index contributed by atoms with van der Waals surface area (Å²) in [6.07, 6.45) is -4.42. The average molecular weight is 427 g/mol. The summed E-state index contributed by atoms with van der Waals surface area (Å²) in [4.78, 5) is 35.4. The molecule has 0 aliphatic rings. The van der Waals surface area contributed by atoms with E-state index in [9.17, 15) is 27.6 Å². The average Bonchev–Trinajstić information content (AvgIpc) is 3.11. The molecule has 8 nitrogen and oxygen atoms in total. The first kappa shape index (κ1) is 22.9. The van der Waals surface area contributed by atoms with Crippen LogP contribution in [0.25, 0.3) is 5.69 Å². The molecular weight excluding hydrogens is 407 g/mol. The number of rotatable bonds is 7. The topological polar surface area (TPSA) is 99.5 Å². The minimum Gasteiger partial charge on any atom is -0.462 e. The Hall–Kier alpha value is -3.37. The van der Waals surface area contributed by atoms with Crippen molar-refractivity contribution in [2.24, 2.45) is 0 Å². The van der Waals surface area contributed by atoms with E-state index in [0.29, 0.717) is 4.68 Å². The highest BCUT2D eigenvalue weighted by Gasteiger charge is 2.41. The van der Waals surface area contributed by atoms with Gasteiger partial charge in [-0.1, -0.05) is 0 Å². The van der Waals surface area contributed by atoms with Crippen LogP contribution in [0.3, 0.4) is 0 Å². The molecule has 0 aliphatic heterocycles. The minimum absolute atomic E-state index is 0.0198. The summed E-state index contributed by atoms with van der Waals surface area (Å²) in [6, 6.07) is 5.01. The molecule has 1 aromatic carbocycles. The van der Waals surface area contributed by atoms with E-state index < -0.39 is 35.3 Å². The number of esters is 2. The minimum atomic E-state index is -4.87. The van der Waals surface area contributed by atoms with Crippen LogP contribution in [0.2, 0.25) is 0 Å². The van der Waals surface area contributed by atoms with Crippen LogP contribution in [0.15, 0.2) is 30.5 Å². The number of halogens is 3. The van der Waals surface area contributed by atoms with Crippen LogP contribution in [0.5, 0.6) is 0 Å². The molecule has 0 fully saturated rings. The lowest BCUT2D eigenvalue weighted by molar-refractivity contribution is -0.146. The Bertz CT molecular complexity index is 920. The molecule has 11 heteroatoms. The van der Waals surface area contributed by atoms with Gasteiger partial charge < -0.3 is 14.8 Å². The summed E-state index contributed by atoms with van der Waals surface area (Å²) in [5.74, 6) is -2.36. The van der Waals surface area contributed by atoms with Crippen LogP contribution < -0.4 is 5.32 Å². The molecule has 2 aromatic rings. The second kappa shape index (κ2) is 9.42. The lowest BCUT2D eigenvalue weighted by Gasteiger charge is -2.13. The number of hydrogen-bond acceptors (Lipinski definition) is 6. The number of aromatic nitrogens is 2. The Morgan fingerprint density at radius 1 is 1.17 bits per heavy atom. The van der Waals surface area contributed by atoms with Gasteiger partial charge >= 0.3 is 18.1 Å². The van der Waals surface area contributed by atoms with E-state index in [2.05, 4.69) is 15.2 Å². The number of nitrogens with zero attached hydrogens (tertiary/aromatic N) is 2. The van der Waals surface area contributed by atoms with Crippen LogP contribution >= 0.6 is 0 Å². The van der Waals surface area contributed by atoms with Crippen molar-refractivity contribution in [3.8, 4) is 5.69 Å². The summed E-state index contributed by atoms with van der Waals surface area (Å²) >= 11 is 0. The predicted molar refractivity (Wildman–Crippen MR) is 98.1 cm³/mol. The van der Waals surface area contributed by atoms with Gasteiger partial charge in [0.05, 0.1) is 24.6 Å². The third kappa shape index (κ3) is 5.58. The summed E-state index contributed by atoms with van der Waals surface area (Å²) in [5, 5.41) is 6.01. The fourth-order valence-corrected chi connectivity index (χ4v) is 2.49. The number of amides is 1. The third-order valence-corrected chi connectivity index (χ3v) is 3.67. The van der Waals surface area contributed by atoms with Crippen LogP contribution in [0.4, 0.5) is 13.2 Å². The van der Waals surface area contributed by atoms with Crippen molar-refractivity contribution in [3.05, 3.63) is 47.3 Å². The maximum atomic E-state index is 13.5.